The lowest BCUT2D eigenvalue weighted by atomic mass is 9.98. The second-order valence-electron chi connectivity index (χ2n) is 3.37. The lowest BCUT2D eigenvalue weighted by molar-refractivity contribution is 0.164. The Bertz CT molecular complexity index is 351. The zero-order valence-electron chi connectivity index (χ0n) is 7.95. The molecule has 3 N–H and O–H groups in total. The number of methoxy groups -OCH3 is 1. The molecule has 1 aromatic rings. The van der Waals surface area contributed by atoms with Crippen LogP contribution in [0.5, 0.6) is 11.5 Å². The predicted octanol–water partition coefficient (Wildman–Crippen LogP) is 0.537. The van der Waals surface area contributed by atoms with E-state index in [1.165, 1.54) is 7.11 Å². The fourth-order valence-corrected chi connectivity index (χ4v) is 1.71. The number of phenolic OH excluding ortho intramolecular Hbond substituents is 1. The molecule has 0 spiro atoms. The molecule has 0 bridgehead atoms. The van der Waals surface area contributed by atoms with E-state index in [4.69, 9.17) is 4.74 Å². The van der Waals surface area contributed by atoms with Crippen molar-refractivity contribution in [3.8, 4) is 11.5 Å². The van der Waals surface area contributed by atoms with Crippen molar-refractivity contribution in [2.24, 2.45) is 0 Å². The topological polar surface area (TPSA) is 61.7 Å². The summed E-state index contributed by atoms with van der Waals surface area (Å²) in [5.41, 5.74) is 1.75. The molecule has 0 saturated heterocycles. The largest absolute Gasteiger partial charge is 0.504 e. The number of β-amino-alcohol motifs (C(OH)–C–C–N with tert-alkyl or cyclic N) is 1. The quantitative estimate of drug-likeness (QED) is 0.612. The standard InChI is InChI=1S/C10H13NO3/c1-14-10-3-7-6(2-8(10)12)4-11-5-9(7)13/h2-3,9,11-13H,4-5H2,1H3. The number of hydrogen-bond acceptors (Lipinski definition) is 4. The Kier molecular flexibility index (Phi) is 2.31. The number of fused-ring (bicyclic) bond motifs is 1. The van der Waals surface area contributed by atoms with Gasteiger partial charge >= 0.3 is 0 Å². The van der Waals surface area contributed by atoms with E-state index < -0.39 is 6.10 Å². The molecule has 0 saturated carbocycles. The zero-order valence-corrected chi connectivity index (χ0v) is 7.95. The molecular weight excluding hydrogens is 182 g/mol. The Hall–Kier alpha value is -1.26. The van der Waals surface area contributed by atoms with Gasteiger partial charge < -0.3 is 20.3 Å². The second-order valence-corrected chi connectivity index (χ2v) is 3.37. The van der Waals surface area contributed by atoms with Gasteiger partial charge in [0, 0.05) is 13.1 Å². The summed E-state index contributed by atoms with van der Waals surface area (Å²) in [5.74, 6) is 0.520. The molecule has 1 heterocycles. The highest BCUT2D eigenvalue weighted by Gasteiger charge is 2.19. The zero-order chi connectivity index (χ0) is 10.1. The maximum atomic E-state index is 9.67. The van der Waals surface area contributed by atoms with Crippen LogP contribution < -0.4 is 10.1 Å². The Morgan fingerprint density at radius 2 is 2.29 bits per heavy atom. The molecule has 76 valence electrons. The molecular formula is C10H13NO3. The first kappa shape index (κ1) is 9.30. The number of rotatable bonds is 1. The number of phenols is 1. The fourth-order valence-electron chi connectivity index (χ4n) is 1.71. The maximum absolute atomic E-state index is 9.67. The number of ether oxygens (including phenoxy) is 1. The Morgan fingerprint density at radius 1 is 1.50 bits per heavy atom. The number of nitrogens with one attached hydrogen (secondary N) is 1. The molecule has 4 heteroatoms. The molecule has 1 aliphatic rings. The molecule has 0 amide bonds. The van der Waals surface area contributed by atoms with E-state index in [2.05, 4.69) is 5.32 Å². The van der Waals surface area contributed by atoms with Crippen LogP contribution in [0.1, 0.15) is 17.2 Å². The van der Waals surface area contributed by atoms with E-state index in [0.717, 1.165) is 11.1 Å². The van der Waals surface area contributed by atoms with Crippen LogP contribution in [0.4, 0.5) is 0 Å². The van der Waals surface area contributed by atoms with E-state index in [1.54, 1.807) is 12.1 Å². The van der Waals surface area contributed by atoms with Crippen molar-refractivity contribution in [1.82, 2.24) is 5.32 Å². The van der Waals surface area contributed by atoms with Crippen molar-refractivity contribution >= 4 is 0 Å². The lowest BCUT2D eigenvalue weighted by Crippen LogP contribution is -2.27. The van der Waals surface area contributed by atoms with Crippen LogP contribution in [0, 0.1) is 0 Å². The van der Waals surface area contributed by atoms with Gasteiger partial charge in [-0.1, -0.05) is 0 Å². The monoisotopic (exact) mass is 195 g/mol. The van der Waals surface area contributed by atoms with Gasteiger partial charge in [-0.2, -0.15) is 0 Å². The normalized spacial score (nSPS) is 20.3. The first-order valence-corrected chi connectivity index (χ1v) is 4.51. The molecule has 0 aromatic heterocycles. The summed E-state index contributed by atoms with van der Waals surface area (Å²) < 4.78 is 4.98. The van der Waals surface area contributed by atoms with Gasteiger partial charge in [-0.25, -0.2) is 0 Å². The van der Waals surface area contributed by atoms with Crippen LogP contribution in [0.3, 0.4) is 0 Å². The average molecular weight is 195 g/mol. The fraction of sp³-hybridized carbons (Fsp3) is 0.400. The summed E-state index contributed by atoms with van der Waals surface area (Å²) in [6.07, 6.45) is -0.520. The highest BCUT2D eigenvalue weighted by atomic mass is 16.5. The van der Waals surface area contributed by atoms with Crippen molar-refractivity contribution < 1.29 is 14.9 Å². The molecule has 1 unspecified atom stereocenters. The summed E-state index contributed by atoms with van der Waals surface area (Å²) in [6, 6.07) is 3.32. The number of benzene rings is 1. The molecule has 1 aliphatic heterocycles. The van der Waals surface area contributed by atoms with Crippen LogP contribution in [0.25, 0.3) is 0 Å². The van der Waals surface area contributed by atoms with Gasteiger partial charge in [0.1, 0.15) is 0 Å². The van der Waals surface area contributed by atoms with Gasteiger partial charge in [0.15, 0.2) is 11.5 Å². The van der Waals surface area contributed by atoms with Crippen LogP contribution in [0.2, 0.25) is 0 Å². The van der Waals surface area contributed by atoms with E-state index in [9.17, 15) is 10.2 Å². The number of aliphatic hydroxyl groups is 1. The second kappa shape index (κ2) is 3.48. The van der Waals surface area contributed by atoms with E-state index >= 15 is 0 Å². The molecule has 0 aliphatic carbocycles. The van der Waals surface area contributed by atoms with E-state index in [1.807, 2.05) is 0 Å². The molecule has 0 radical (unpaired) electrons. The van der Waals surface area contributed by atoms with Crippen LogP contribution in [-0.2, 0) is 6.54 Å². The molecule has 1 atom stereocenters. The smallest absolute Gasteiger partial charge is 0.160 e. The number of aromatic hydroxyl groups is 1. The summed E-state index contributed by atoms with van der Waals surface area (Å²) in [4.78, 5) is 0. The minimum absolute atomic E-state index is 0.113. The highest BCUT2D eigenvalue weighted by Crippen LogP contribution is 2.33. The Labute approximate surface area is 82.1 Å². The Balaban J connectivity index is 2.49. The molecule has 1 aromatic carbocycles. The Morgan fingerprint density at radius 3 is 3.00 bits per heavy atom. The van der Waals surface area contributed by atoms with Crippen molar-refractivity contribution in [2.75, 3.05) is 13.7 Å². The van der Waals surface area contributed by atoms with Crippen molar-refractivity contribution in [3.05, 3.63) is 23.3 Å². The summed E-state index contributed by atoms with van der Waals surface area (Å²) in [5, 5.41) is 22.2. The van der Waals surface area contributed by atoms with Gasteiger partial charge in [0.05, 0.1) is 13.2 Å². The van der Waals surface area contributed by atoms with E-state index in [-0.39, 0.29) is 5.75 Å². The van der Waals surface area contributed by atoms with Gasteiger partial charge in [-0.05, 0) is 23.3 Å². The highest BCUT2D eigenvalue weighted by molar-refractivity contribution is 5.48. The molecule has 4 nitrogen and oxygen atoms in total. The van der Waals surface area contributed by atoms with Gasteiger partial charge in [-0.3, -0.25) is 0 Å². The first-order valence-electron chi connectivity index (χ1n) is 4.51. The SMILES string of the molecule is COc1cc2c(cc1O)CNCC2O. The third-order valence-corrected chi connectivity index (χ3v) is 2.45. The van der Waals surface area contributed by atoms with Crippen molar-refractivity contribution in [1.29, 1.82) is 0 Å². The summed E-state index contributed by atoms with van der Waals surface area (Å²) in [7, 11) is 1.49. The summed E-state index contributed by atoms with van der Waals surface area (Å²) in [6.45, 7) is 1.21. The average Bonchev–Trinajstić information content (AvgIpc) is 2.17. The first-order chi connectivity index (χ1) is 6.72. The minimum Gasteiger partial charge on any atom is -0.504 e. The van der Waals surface area contributed by atoms with Crippen molar-refractivity contribution in [2.45, 2.75) is 12.6 Å². The minimum atomic E-state index is -0.520. The van der Waals surface area contributed by atoms with Crippen molar-refractivity contribution in [3.63, 3.8) is 0 Å². The van der Waals surface area contributed by atoms with Crippen LogP contribution in [0.15, 0.2) is 12.1 Å². The molecule has 0 fully saturated rings. The predicted molar refractivity (Wildman–Crippen MR) is 51.3 cm³/mol. The number of hydrogen-bond donors (Lipinski definition) is 3. The van der Waals surface area contributed by atoms with Gasteiger partial charge in [-0.15, -0.1) is 0 Å². The van der Waals surface area contributed by atoms with Crippen LogP contribution in [-0.4, -0.2) is 23.9 Å². The van der Waals surface area contributed by atoms with E-state index in [0.29, 0.717) is 18.8 Å². The van der Waals surface area contributed by atoms with Gasteiger partial charge in [0.2, 0.25) is 0 Å². The number of aliphatic hydroxyl groups excluding tert-OH is 1. The third-order valence-electron chi connectivity index (χ3n) is 2.45. The maximum Gasteiger partial charge on any atom is 0.160 e. The van der Waals surface area contributed by atoms with Gasteiger partial charge in [0.25, 0.3) is 0 Å². The molecule has 14 heavy (non-hydrogen) atoms. The summed E-state index contributed by atoms with van der Waals surface area (Å²) >= 11 is 0. The third kappa shape index (κ3) is 1.42. The van der Waals surface area contributed by atoms with Crippen LogP contribution >= 0.6 is 0 Å². The lowest BCUT2D eigenvalue weighted by Gasteiger charge is -2.23. The molecule has 2 rings (SSSR count).